The van der Waals surface area contributed by atoms with Crippen molar-refractivity contribution < 1.29 is 22.7 Å². The number of benzene rings is 2. The number of pyridine rings is 1. The lowest BCUT2D eigenvalue weighted by Crippen LogP contribution is -2.24. The Hall–Kier alpha value is -3.76. The van der Waals surface area contributed by atoms with E-state index in [0.29, 0.717) is 11.3 Å². The van der Waals surface area contributed by atoms with Gasteiger partial charge in [-0.25, -0.2) is 13.1 Å². The topological polar surface area (TPSA) is 126 Å². The summed E-state index contributed by atoms with van der Waals surface area (Å²) in [4.78, 5) is 28.6. The minimum atomic E-state index is -3.80. The van der Waals surface area contributed by atoms with Crippen LogP contribution in [0.2, 0.25) is 0 Å². The Bertz CT molecular complexity index is 1230. The number of rotatable bonds is 8. The van der Waals surface area contributed by atoms with Crippen LogP contribution in [0, 0.1) is 0 Å². The first-order chi connectivity index (χ1) is 15.3. The molecule has 0 aliphatic rings. The Morgan fingerprint density at radius 3 is 2.41 bits per heavy atom. The van der Waals surface area contributed by atoms with Gasteiger partial charge in [0.15, 0.2) is 0 Å². The van der Waals surface area contributed by atoms with Crippen LogP contribution in [0.4, 0.5) is 5.69 Å². The monoisotopic (exact) mass is 454 g/mol. The fraction of sp³-hybridized carbons (Fsp3) is 0.136. The van der Waals surface area contributed by atoms with Crippen LogP contribution >= 0.6 is 0 Å². The van der Waals surface area contributed by atoms with E-state index in [-0.39, 0.29) is 28.7 Å². The van der Waals surface area contributed by atoms with Gasteiger partial charge >= 0.3 is 0 Å². The number of nitrogens with one attached hydrogen (secondary N) is 3. The molecule has 1 aromatic heterocycles. The molecular formula is C22H22N4O5S. The molecule has 0 saturated carbocycles. The zero-order valence-electron chi connectivity index (χ0n) is 17.5. The van der Waals surface area contributed by atoms with Gasteiger partial charge in [0, 0.05) is 35.8 Å². The van der Waals surface area contributed by atoms with Crippen molar-refractivity contribution in [2.45, 2.75) is 11.4 Å². The number of anilines is 1. The van der Waals surface area contributed by atoms with Crippen molar-refractivity contribution in [2.75, 3.05) is 19.5 Å². The number of carbonyl (C=O) groups is 2. The van der Waals surface area contributed by atoms with Gasteiger partial charge in [0.05, 0.1) is 7.11 Å². The highest BCUT2D eigenvalue weighted by Crippen LogP contribution is 2.24. The minimum Gasteiger partial charge on any atom is -0.495 e. The van der Waals surface area contributed by atoms with E-state index in [0.717, 1.165) is 5.56 Å². The van der Waals surface area contributed by atoms with Gasteiger partial charge in [-0.3, -0.25) is 14.6 Å². The van der Waals surface area contributed by atoms with Crippen LogP contribution in [0.15, 0.2) is 71.9 Å². The third-order valence-electron chi connectivity index (χ3n) is 4.56. The number of ether oxygens (including phenoxy) is 1. The van der Waals surface area contributed by atoms with Gasteiger partial charge < -0.3 is 15.4 Å². The Kier molecular flexibility index (Phi) is 7.18. The predicted octanol–water partition coefficient (Wildman–Crippen LogP) is 2.18. The average Bonchev–Trinajstić information content (AvgIpc) is 2.82. The molecule has 3 rings (SSSR count). The van der Waals surface area contributed by atoms with Crippen LogP contribution in [0.1, 0.15) is 26.3 Å². The smallest absolute Gasteiger partial charge is 0.255 e. The van der Waals surface area contributed by atoms with Crippen molar-refractivity contribution in [1.82, 2.24) is 15.0 Å². The molecule has 9 nitrogen and oxygen atoms in total. The van der Waals surface area contributed by atoms with Crippen LogP contribution in [0.5, 0.6) is 5.75 Å². The van der Waals surface area contributed by atoms with Crippen LogP contribution in [-0.2, 0) is 16.6 Å². The quantitative estimate of drug-likeness (QED) is 0.479. The number of carbonyl (C=O) groups excluding carboxylic acids is 2. The van der Waals surface area contributed by atoms with E-state index >= 15 is 0 Å². The molecule has 1 heterocycles. The number of amides is 2. The van der Waals surface area contributed by atoms with Crippen molar-refractivity contribution in [3.8, 4) is 5.75 Å². The number of sulfonamides is 1. The van der Waals surface area contributed by atoms with Gasteiger partial charge in [0.1, 0.15) is 10.6 Å². The lowest BCUT2D eigenvalue weighted by molar-refractivity contribution is 0.0949. The first kappa shape index (κ1) is 22.9. The largest absolute Gasteiger partial charge is 0.495 e. The molecule has 3 N–H and O–H groups in total. The summed E-state index contributed by atoms with van der Waals surface area (Å²) < 4.78 is 31.7. The van der Waals surface area contributed by atoms with Crippen molar-refractivity contribution in [1.29, 1.82) is 0 Å². The van der Waals surface area contributed by atoms with Crippen LogP contribution in [-0.4, -0.2) is 39.4 Å². The summed E-state index contributed by atoms with van der Waals surface area (Å²) in [6.45, 7) is 0.179. The van der Waals surface area contributed by atoms with Crippen molar-refractivity contribution in [2.24, 2.45) is 0 Å². The van der Waals surface area contributed by atoms with E-state index in [4.69, 9.17) is 4.74 Å². The van der Waals surface area contributed by atoms with Crippen molar-refractivity contribution >= 4 is 27.5 Å². The maximum absolute atomic E-state index is 12.6. The van der Waals surface area contributed by atoms with Gasteiger partial charge in [-0.1, -0.05) is 12.1 Å². The van der Waals surface area contributed by atoms with E-state index in [1.54, 1.807) is 36.4 Å². The summed E-state index contributed by atoms with van der Waals surface area (Å²) >= 11 is 0. The molecule has 0 radical (unpaired) electrons. The van der Waals surface area contributed by atoms with Crippen molar-refractivity contribution in [3.05, 3.63) is 83.7 Å². The molecule has 2 aromatic carbocycles. The van der Waals surface area contributed by atoms with Crippen LogP contribution in [0.3, 0.4) is 0 Å². The zero-order chi connectivity index (χ0) is 23.1. The second kappa shape index (κ2) is 10.0. The summed E-state index contributed by atoms with van der Waals surface area (Å²) in [7, 11) is -1.17. The molecule has 0 aliphatic heterocycles. The second-order valence-electron chi connectivity index (χ2n) is 6.65. The van der Waals surface area contributed by atoms with E-state index in [1.165, 1.54) is 44.8 Å². The fourth-order valence-corrected chi connectivity index (χ4v) is 3.81. The summed E-state index contributed by atoms with van der Waals surface area (Å²) in [5.41, 5.74) is 1.97. The zero-order valence-corrected chi connectivity index (χ0v) is 18.3. The fourth-order valence-electron chi connectivity index (χ4n) is 2.89. The highest BCUT2D eigenvalue weighted by atomic mass is 32.2. The molecule has 166 valence electrons. The standard InChI is InChI=1S/C22H22N4O5S/c1-23-32(29,30)20-13-17(6-7-19(20)31-2)21(27)25-14-15-4-3-5-18(12-15)26-22(28)16-8-10-24-11-9-16/h3-13,23H,14H2,1-2H3,(H,25,27)(H,26,28). The number of hydrogen-bond donors (Lipinski definition) is 3. The van der Waals surface area contributed by atoms with E-state index in [9.17, 15) is 18.0 Å². The minimum absolute atomic E-state index is 0.129. The van der Waals surface area contributed by atoms with Gasteiger partial charge in [-0.2, -0.15) is 0 Å². The van der Waals surface area contributed by atoms with Gasteiger partial charge in [-0.15, -0.1) is 0 Å². The maximum Gasteiger partial charge on any atom is 0.255 e. The average molecular weight is 455 g/mol. The molecule has 0 bridgehead atoms. The Labute approximate surface area is 185 Å². The van der Waals surface area contributed by atoms with Crippen LogP contribution in [0.25, 0.3) is 0 Å². The summed E-state index contributed by atoms with van der Waals surface area (Å²) in [6, 6.07) is 14.4. The Morgan fingerprint density at radius 2 is 1.72 bits per heavy atom. The summed E-state index contributed by atoms with van der Waals surface area (Å²) in [6.07, 6.45) is 3.07. The van der Waals surface area contributed by atoms with Gasteiger partial charge in [0.2, 0.25) is 10.0 Å². The molecular weight excluding hydrogens is 432 g/mol. The molecule has 0 aliphatic carbocycles. The molecule has 0 unspecified atom stereocenters. The number of hydrogen-bond acceptors (Lipinski definition) is 6. The second-order valence-corrected chi connectivity index (χ2v) is 8.50. The lowest BCUT2D eigenvalue weighted by Gasteiger charge is -2.12. The van der Waals surface area contributed by atoms with E-state index < -0.39 is 15.9 Å². The highest BCUT2D eigenvalue weighted by Gasteiger charge is 2.20. The first-order valence-corrected chi connectivity index (χ1v) is 11.0. The van der Waals surface area contributed by atoms with Gasteiger partial charge in [-0.05, 0) is 55.1 Å². The molecule has 0 saturated heterocycles. The summed E-state index contributed by atoms with van der Waals surface area (Å²) in [5, 5.41) is 5.54. The molecule has 2 amide bonds. The Morgan fingerprint density at radius 1 is 0.969 bits per heavy atom. The predicted molar refractivity (Wildman–Crippen MR) is 119 cm³/mol. The highest BCUT2D eigenvalue weighted by molar-refractivity contribution is 7.89. The number of aromatic nitrogens is 1. The number of nitrogens with zero attached hydrogens (tertiary/aromatic N) is 1. The van der Waals surface area contributed by atoms with Crippen molar-refractivity contribution in [3.63, 3.8) is 0 Å². The molecule has 32 heavy (non-hydrogen) atoms. The SMILES string of the molecule is CNS(=O)(=O)c1cc(C(=O)NCc2cccc(NC(=O)c3ccncc3)c2)ccc1OC. The Balaban J connectivity index is 1.70. The molecule has 10 heteroatoms. The van der Waals surface area contributed by atoms with E-state index in [2.05, 4.69) is 20.3 Å². The van der Waals surface area contributed by atoms with Gasteiger partial charge in [0.25, 0.3) is 11.8 Å². The maximum atomic E-state index is 12.6. The number of methoxy groups -OCH3 is 1. The molecule has 3 aromatic rings. The first-order valence-electron chi connectivity index (χ1n) is 9.54. The molecule has 0 atom stereocenters. The lowest BCUT2D eigenvalue weighted by atomic mass is 10.1. The molecule has 0 spiro atoms. The third kappa shape index (κ3) is 5.48. The van der Waals surface area contributed by atoms with Crippen LogP contribution < -0.4 is 20.1 Å². The van der Waals surface area contributed by atoms with E-state index in [1.807, 2.05) is 0 Å². The summed E-state index contributed by atoms with van der Waals surface area (Å²) in [5.74, 6) is -0.593. The normalized spacial score (nSPS) is 10.9. The third-order valence-corrected chi connectivity index (χ3v) is 6.00. The molecule has 0 fully saturated rings.